The normalized spacial score (nSPS) is 17.5. The Bertz CT molecular complexity index is 751. The second-order valence-corrected chi connectivity index (χ2v) is 6.42. The molecule has 0 radical (unpaired) electrons. The number of likely N-dealkylation sites (N-methyl/N-ethyl adjacent to an activating group) is 1. The van der Waals surface area contributed by atoms with Gasteiger partial charge in [0.2, 0.25) is 0 Å². The maximum absolute atomic E-state index is 13.3. The molecule has 1 aromatic carbocycles. The highest BCUT2D eigenvalue weighted by atomic mass is 35.5. The molecule has 1 atom stereocenters. The van der Waals surface area contributed by atoms with Crippen molar-refractivity contribution in [1.82, 2.24) is 14.3 Å². The molecule has 1 aromatic heterocycles. The van der Waals surface area contributed by atoms with E-state index in [1.807, 2.05) is 0 Å². The van der Waals surface area contributed by atoms with Gasteiger partial charge in [-0.2, -0.15) is 0 Å². The molecule has 2 amide bonds. The molecule has 1 unspecified atom stereocenters. The van der Waals surface area contributed by atoms with E-state index in [1.165, 1.54) is 18.3 Å². The Morgan fingerprint density at radius 3 is 2.56 bits per heavy atom. The molecule has 0 spiro atoms. The Morgan fingerprint density at radius 1 is 1.28 bits per heavy atom. The summed E-state index contributed by atoms with van der Waals surface area (Å²) in [5.41, 5.74) is 0.937. The van der Waals surface area contributed by atoms with Crippen LogP contribution in [0.5, 0.6) is 0 Å². The Kier molecular flexibility index (Phi) is 5.15. The van der Waals surface area contributed by atoms with E-state index >= 15 is 0 Å². The quantitative estimate of drug-likeness (QED) is 0.842. The molecule has 1 saturated heterocycles. The minimum absolute atomic E-state index is 0.0482. The number of rotatable bonds is 3. The summed E-state index contributed by atoms with van der Waals surface area (Å²) in [5, 5.41) is 2.70. The summed E-state index contributed by atoms with van der Waals surface area (Å²) in [6, 6.07) is 6.26. The van der Waals surface area contributed by atoms with Gasteiger partial charge in [-0.25, -0.2) is 23.0 Å². The van der Waals surface area contributed by atoms with Crippen molar-refractivity contribution in [3.8, 4) is 11.1 Å². The van der Waals surface area contributed by atoms with Gasteiger partial charge in [-0.3, -0.25) is 5.32 Å². The number of nitrogens with one attached hydrogen (secondary N) is 1. The number of anilines is 1. The number of hydrogen-bond acceptors (Lipinski definition) is 3. The molecule has 5 nitrogen and oxygen atoms in total. The number of carbonyl (C=O) groups is 1. The lowest BCUT2D eigenvalue weighted by Crippen LogP contribution is -2.40. The summed E-state index contributed by atoms with van der Waals surface area (Å²) in [6.07, 6.45) is 2.27. The van der Waals surface area contributed by atoms with Crippen molar-refractivity contribution in [2.24, 2.45) is 0 Å². The fourth-order valence-corrected chi connectivity index (χ4v) is 3.00. The van der Waals surface area contributed by atoms with Crippen molar-refractivity contribution in [2.45, 2.75) is 12.5 Å². The number of nitrogens with zero attached hydrogens (tertiary/aromatic N) is 3. The molecule has 2 heterocycles. The van der Waals surface area contributed by atoms with E-state index in [9.17, 15) is 13.6 Å². The molecule has 2 aromatic rings. The van der Waals surface area contributed by atoms with Crippen molar-refractivity contribution in [3.63, 3.8) is 0 Å². The number of benzene rings is 1. The summed E-state index contributed by atoms with van der Waals surface area (Å²) in [7, 11) is 1.71. The first-order chi connectivity index (χ1) is 11.9. The van der Waals surface area contributed by atoms with Gasteiger partial charge < -0.3 is 4.90 Å². The molecule has 1 aliphatic heterocycles. The van der Waals surface area contributed by atoms with Crippen LogP contribution in [-0.2, 0) is 0 Å². The third-order valence-corrected chi connectivity index (χ3v) is 4.48. The van der Waals surface area contributed by atoms with Gasteiger partial charge in [0.05, 0.1) is 0 Å². The Balaban J connectivity index is 1.67. The van der Waals surface area contributed by atoms with E-state index in [1.54, 1.807) is 28.5 Å². The summed E-state index contributed by atoms with van der Waals surface area (Å²) < 4.78 is 28.2. The zero-order valence-electron chi connectivity index (χ0n) is 13.5. The van der Waals surface area contributed by atoms with Gasteiger partial charge in [0, 0.05) is 44.0 Å². The van der Waals surface area contributed by atoms with Gasteiger partial charge in [-0.1, -0.05) is 0 Å². The van der Waals surface area contributed by atoms with Crippen LogP contribution < -0.4 is 5.32 Å². The fourth-order valence-electron chi connectivity index (χ4n) is 2.74. The molecule has 1 N–H and O–H groups in total. The van der Waals surface area contributed by atoms with E-state index in [-0.39, 0.29) is 12.1 Å². The highest BCUT2D eigenvalue weighted by Crippen LogP contribution is 2.22. The summed E-state index contributed by atoms with van der Waals surface area (Å²) in [6.45, 7) is 1.35. The van der Waals surface area contributed by atoms with Crippen LogP contribution in [-0.4, -0.2) is 46.5 Å². The van der Waals surface area contributed by atoms with Crippen LogP contribution in [0.25, 0.3) is 11.1 Å². The van der Waals surface area contributed by atoms with Gasteiger partial charge >= 0.3 is 6.03 Å². The molecule has 1 aliphatic rings. The highest BCUT2D eigenvalue weighted by Gasteiger charge is 2.27. The van der Waals surface area contributed by atoms with Crippen LogP contribution in [0.15, 0.2) is 36.5 Å². The number of urea groups is 1. The molecule has 0 bridgehead atoms. The van der Waals surface area contributed by atoms with Gasteiger partial charge in [-0.15, -0.1) is 0 Å². The maximum Gasteiger partial charge on any atom is 0.323 e. The fraction of sp³-hybridized carbons (Fsp3) is 0.294. The molecule has 132 valence electrons. The van der Waals surface area contributed by atoms with Gasteiger partial charge in [0.15, 0.2) is 0 Å². The molecular weight excluding hydrogens is 350 g/mol. The van der Waals surface area contributed by atoms with Gasteiger partial charge in [0.25, 0.3) is 0 Å². The molecule has 3 rings (SSSR count). The number of aromatic nitrogens is 1. The number of pyridine rings is 1. The lowest BCUT2D eigenvalue weighted by Gasteiger charge is -2.24. The van der Waals surface area contributed by atoms with Crippen LogP contribution in [0.1, 0.15) is 6.42 Å². The molecule has 25 heavy (non-hydrogen) atoms. The van der Waals surface area contributed by atoms with Gasteiger partial charge in [0.1, 0.15) is 17.5 Å². The van der Waals surface area contributed by atoms with Crippen LogP contribution in [0.4, 0.5) is 19.4 Å². The minimum atomic E-state index is -0.654. The number of amides is 2. The molecule has 8 heteroatoms. The number of hydrogen-bond donors (Lipinski definition) is 1. The zero-order chi connectivity index (χ0) is 18.0. The van der Waals surface area contributed by atoms with Crippen LogP contribution in [0.2, 0.25) is 0 Å². The lowest BCUT2D eigenvalue weighted by atomic mass is 10.1. The topological polar surface area (TPSA) is 48.5 Å². The molecule has 1 fully saturated rings. The van der Waals surface area contributed by atoms with Crippen molar-refractivity contribution in [2.75, 3.05) is 25.5 Å². The monoisotopic (exact) mass is 366 g/mol. The van der Waals surface area contributed by atoms with Crippen LogP contribution >= 0.6 is 11.8 Å². The average Bonchev–Trinajstić information content (AvgIpc) is 3.00. The van der Waals surface area contributed by atoms with Crippen molar-refractivity contribution in [1.29, 1.82) is 0 Å². The van der Waals surface area contributed by atoms with Crippen LogP contribution in [0.3, 0.4) is 0 Å². The first-order valence-corrected chi connectivity index (χ1v) is 8.13. The molecule has 0 aliphatic carbocycles. The second kappa shape index (κ2) is 7.33. The minimum Gasteiger partial charge on any atom is -0.323 e. The van der Waals surface area contributed by atoms with E-state index < -0.39 is 11.6 Å². The largest absolute Gasteiger partial charge is 0.323 e. The SMILES string of the molecule is CN(C(=O)Nc1ccc(-c2cc(F)cc(F)c2)cn1)C1CCN(Cl)C1. The third-order valence-electron chi connectivity index (χ3n) is 4.18. The van der Waals surface area contributed by atoms with E-state index in [4.69, 9.17) is 11.8 Å². The first kappa shape index (κ1) is 17.6. The van der Waals surface area contributed by atoms with Crippen LogP contribution in [0, 0.1) is 11.6 Å². The third kappa shape index (κ3) is 4.24. The predicted octanol–water partition coefficient (Wildman–Crippen LogP) is 3.72. The zero-order valence-corrected chi connectivity index (χ0v) is 14.3. The Hall–Kier alpha value is -2.25. The Morgan fingerprint density at radius 2 is 2.00 bits per heavy atom. The lowest BCUT2D eigenvalue weighted by molar-refractivity contribution is 0.206. The standard InChI is InChI=1S/C17H17ClF2N4O/c1-23(15-4-5-24(18)10-15)17(25)22-16-3-2-11(9-21-16)12-6-13(19)8-14(20)7-12/h2-3,6-9,15H,4-5,10H2,1H3,(H,21,22,25). The van der Waals surface area contributed by atoms with E-state index in [2.05, 4.69) is 10.3 Å². The Labute approximate surface area is 149 Å². The van der Waals surface area contributed by atoms with Gasteiger partial charge in [-0.05, 0) is 48.0 Å². The van der Waals surface area contributed by atoms with Crippen molar-refractivity contribution < 1.29 is 13.6 Å². The molecule has 0 saturated carbocycles. The first-order valence-electron chi connectivity index (χ1n) is 7.79. The predicted molar refractivity (Wildman–Crippen MR) is 92.2 cm³/mol. The summed E-state index contributed by atoms with van der Waals surface area (Å²) >= 11 is 5.92. The van der Waals surface area contributed by atoms with Crippen molar-refractivity contribution in [3.05, 3.63) is 48.2 Å². The average molecular weight is 367 g/mol. The molecular formula is C17H17ClF2N4O. The smallest absolute Gasteiger partial charge is 0.323 e. The summed E-state index contributed by atoms with van der Waals surface area (Å²) in [4.78, 5) is 18.0. The second-order valence-electron chi connectivity index (χ2n) is 5.94. The number of carbonyl (C=O) groups excluding carboxylic acids is 1. The summed E-state index contributed by atoms with van der Waals surface area (Å²) in [5.74, 6) is -0.948. The highest BCUT2D eigenvalue weighted by molar-refractivity contribution is 6.13. The van der Waals surface area contributed by atoms with E-state index in [0.29, 0.717) is 23.5 Å². The van der Waals surface area contributed by atoms with Crippen molar-refractivity contribution >= 4 is 23.6 Å². The number of halogens is 3. The maximum atomic E-state index is 13.3. The van der Waals surface area contributed by atoms with E-state index in [0.717, 1.165) is 19.0 Å².